The maximum Gasteiger partial charge on any atom is 0.202 e. The van der Waals surface area contributed by atoms with Gasteiger partial charge in [0.15, 0.2) is 0 Å². The first-order valence-electron chi connectivity index (χ1n) is 6.76. The number of aromatic nitrogens is 2. The van der Waals surface area contributed by atoms with Crippen LogP contribution in [0.3, 0.4) is 0 Å². The van der Waals surface area contributed by atoms with Crippen molar-refractivity contribution in [3.63, 3.8) is 0 Å². The smallest absolute Gasteiger partial charge is 0.202 e. The van der Waals surface area contributed by atoms with Crippen molar-refractivity contribution in [3.05, 3.63) is 12.4 Å². The highest BCUT2D eigenvalue weighted by atomic mass is 15.2. The summed E-state index contributed by atoms with van der Waals surface area (Å²) in [5.74, 6) is 1.02. The maximum atomic E-state index is 4.36. The Bertz CT molecular complexity index is 330. The van der Waals surface area contributed by atoms with Crippen LogP contribution in [0.2, 0.25) is 0 Å². The molecule has 0 aromatic carbocycles. The van der Waals surface area contributed by atoms with Gasteiger partial charge in [-0.25, -0.2) is 4.98 Å². The fourth-order valence-corrected chi connectivity index (χ4v) is 2.00. The van der Waals surface area contributed by atoms with E-state index in [2.05, 4.69) is 39.9 Å². The lowest BCUT2D eigenvalue weighted by atomic mass is 10.3. The molecule has 1 aliphatic rings. The SMILES string of the molecule is CCCCNc1nccn1CCN(C)C1CC1. The van der Waals surface area contributed by atoms with Crippen molar-refractivity contribution in [1.29, 1.82) is 0 Å². The first-order valence-corrected chi connectivity index (χ1v) is 6.76. The molecule has 1 N–H and O–H groups in total. The van der Waals surface area contributed by atoms with E-state index in [-0.39, 0.29) is 0 Å². The Balaban J connectivity index is 1.76. The second kappa shape index (κ2) is 6.05. The van der Waals surface area contributed by atoms with Crippen LogP contribution in [0.1, 0.15) is 32.6 Å². The van der Waals surface area contributed by atoms with Crippen LogP contribution in [0.25, 0.3) is 0 Å². The normalized spacial score (nSPS) is 15.5. The molecule has 1 fully saturated rings. The predicted molar refractivity (Wildman–Crippen MR) is 71.3 cm³/mol. The van der Waals surface area contributed by atoms with Gasteiger partial charge in [0.25, 0.3) is 0 Å². The second-order valence-electron chi connectivity index (χ2n) is 4.94. The van der Waals surface area contributed by atoms with Crippen molar-refractivity contribution in [2.75, 3.05) is 25.5 Å². The Kier molecular flexibility index (Phi) is 4.42. The van der Waals surface area contributed by atoms with E-state index in [0.717, 1.165) is 31.6 Å². The van der Waals surface area contributed by atoms with E-state index >= 15 is 0 Å². The molecule has 0 unspecified atom stereocenters. The molecule has 1 saturated carbocycles. The highest BCUT2D eigenvalue weighted by Gasteiger charge is 2.25. The molecule has 0 aliphatic heterocycles. The van der Waals surface area contributed by atoms with Crippen molar-refractivity contribution in [2.24, 2.45) is 0 Å². The first-order chi connectivity index (χ1) is 8.31. The van der Waals surface area contributed by atoms with Gasteiger partial charge in [0, 0.05) is 38.1 Å². The molecule has 0 atom stereocenters. The highest BCUT2D eigenvalue weighted by Crippen LogP contribution is 2.25. The quantitative estimate of drug-likeness (QED) is 0.702. The van der Waals surface area contributed by atoms with E-state index in [1.165, 1.54) is 25.7 Å². The molecular formula is C13H24N4. The summed E-state index contributed by atoms with van der Waals surface area (Å²) < 4.78 is 2.22. The van der Waals surface area contributed by atoms with E-state index in [4.69, 9.17) is 0 Å². The zero-order valence-electron chi connectivity index (χ0n) is 11.0. The average molecular weight is 236 g/mol. The third-order valence-electron chi connectivity index (χ3n) is 3.39. The molecule has 2 rings (SSSR count). The summed E-state index contributed by atoms with van der Waals surface area (Å²) >= 11 is 0. The number of hydrogen-bond acceptors (Lipinski definition) is 3. The third kappa shape index (κ3) is 3.73. The number of nitrogens with zero attached hydrogens (tertiary/aromatic N) is 3. The van der Waals surface area contributed by atoms with Crippen molar-refractivity contribution in [1.82, 2.24) is 14.5 Å². The molecule has 0 radical (unpaired) electrons. The zero-order chi connectivity index (χ0) is 12.1. The Hall–Kier alpha value is -1.03. The van der Waals surface area contributed by atoms with Crippen LogP contribution in [0.5, 0.6) is 0 Å². The summed E-state index contributed by atoms with van der Waals surface area (Å²) in [6, 6.07) is 0.843. The van der Waals surface area contributed by atoms with Gasteiger partial charge in [-0.3, -0.25) is 0 Å². The standard InChI is InChI=1S/C13H24N4/c1-3-4-7-14-13-15-8-9-17(13)11-10-16(2)12-5-6-12/h8-9,12H,3-7,10-11H2,1-2H3,(H,14,15). The van der Waals surface area contributed by atoms with Gasteiger partial charge in [-0.1, -0.05) is 13.3 Å². The maximum absolute atomic E-state index is 4.36. The lowest BCUT2D eigenvalue weighted by molar-refractivity contribution is 0.310. The van der Waals surface area contributed by atoms with Crippen LogP contribution in [0.15, 0.2) is 12.4 Å². The van der Waals surface area contributed by atoms with E-state index in [1.807, 2.05) is 6.20 Å². The highest BCUT2D eigenvalue weighted by molar-refractivity contribution is 5.25. The lowest BCUT2D eigenvalue weighted by Crippen LogP contribution is -2.25. The minimum atomic E-state index is 0.843. The fraction of sp³-hybridized carbons (Fsp3) is 0.769. The van der Waals surface area contributed by atoms with Crippen LogP contribution in [-0.2, 0) is 6.54 Å². The van der Waals surface area contributed by atoms with Gasteiger partial charge in [0.05, 0.1) is 0 Å². The Morgan fingerprint density at radius 2 is 2.35 bits per heavy atom. The molecule has 0 saturated heterocycles. The van der Waals surface area contributed by atoms with Gasteiger partial charge in [-0.2, -0.15) is 0 Å². The van der Waals surface area contributed by atoms with Gasteiger partial charge < -0.3 is 14.8 Å². The number of anilines is 1. The average Bonchev–Trinajstić information content (AvgIpc) is 3.09. The molecule has 1 aromatic heterocycles. The van der Waals surface area contributed by atoms with Crippen LogP contribution in [-0.4, -0.2) is 40.6 Å². The summed E-state index contributed by atoms with van der Waals surface area (Å²) in [6.45, 7) is 5.37. The van der Waals surface area contributed by atoms with Crippen LogP contribution >= 0.6 is 0 Å². The molecule has 1 aliphatic carbocycles. The minimum absolute atomic E-state index is 0.843. The molecule has 1 aromatic rings. The van der Waals surface area contributed by atoms with Crippen molar-refractivity contribution >= 4 is 5.95 Å². The molecule has 0 spiro atoms. The number of imidazole rings is 1. The van der Waals surface area contributed by atoms with E-state index in [9.17, 15) is 0 Å². The number of unbranched alkanes of at least 4 members (excludes halogenated alkanes) is 1. The molecule has 4 nitrogen and oxygen atoms in total. The van der Waals surface area contributed by atoms with Gasteiger partial charge >= 0.3 is 0 Å². The Labute approximate surface area is 104 Å². The molecule has 4 heteroatoms. The Morgan fingerprint density at radius 3 is 3.06 bits per heavy atom. The van der Waals surface area contributed by atoms with Gasteiger partial charge in [-0.15, -0.1) is 0 Å². The predicted octanol–water partition coefficient (Wildman–Crippen LogP) is 2.19. The lowest BCUT2D eigenvalue weighted by Gasteiger charge is -2.17. The molecule has 17 heavy (non-hydrogen) atoms. The summed E-state index contributed by atoms with van der Waals surface area (Å²) in [5, 5.41) is 3.40. The zero-order valence-corrected chi connectivity index (χ0v) is 11.0. The summed E-state index contributed by atoms with van der Waals surface area (Å²) in [4.78, 5) is 6.81. The van der Waals surface area contributed by atoms with Crippen LogP contribution in [0, 0.1) is 0 Å². The first kappa shape index (κ1) is 12.4. The number of likely N-dealkylation sites (N-methyl/N-ethyl adjacent to an activating group) is 1. The molecular weight excluding hydrogens is 212 g/mol. The largest absolute Gasteiger partial charge is 0.356 e. The van der Waals surface area contributed by atoms with E-state index in [1.54, 1.807) is 0 Å². The summed E-state index contributed by atoms with van der Waals surface area (Å²) in [5.41, 5.74) is 0. The van der Waals surface area contributed by atoms with E-state index in [0.29, 0.717) is 0 Å². The molecule has 1 heterocycles. The molecule has 0 bridgehead atoms. The van der Waals surface area contributed by atoms with Crippen LogP contribution < -0.4 is 5.32 Å². The summed E-state index contributed by atoms with van der Waals surface area (Å²) in [7, 11) is 2.22. The molecule has 0 amide bonds. The summed E-state index contributed by atoms with van der Waals surface area (Å²) in [6.07, 6.45) is 9.12. The Morgan fingerprint density at radius 1 is 1.53 bits per heavy atom. The number of hydrogen-bond donors (Lipinski definition) is 1. The number of rotatable bonds is 8. The van der Waals surface area contributed by atoms with Gasteiger partial charge in [0.2, 0.25) is 5.95 Å². The second-order valence-corrected chi connectivity index (χ2v) is 4.94. The monoisotopic (exact) mass is 236 g/mol. The van der Waals surface area contributed by atoms with Crippen molar-refractivity contribution in [2.45, 2.75) is 45.2 Å². The van der Waals surface area contributed by atoms with Crippen molar-refractivity contribution < 1.29 is 0 Å². The third-order valence-corrected chi connectivity index (χ3v) is 3.39. The van der Waals surface area contributed by atoms with E-state index < -0.39 is 0 Å². The van der Waals surface area contributed by atoms with Gasteiger partial charge in [0.1, 0.15) is 0 Å². The fourth-order valence-electron chi connectivity index (χ4n) is 2.00. The van der Waals surface area contributed by atoms with Crippen molar-refractivity contribution in [3.8, 4) is 0 Å². The topological polar surface area (TPSA) is 33.1 Å². The van der Waals surface area contributed by atoms with Crippen LogP contribution in [0.4, 0.5) is 5.95 Å². The van der Waals surface area contributed by atoms with Gasteiger partial charge in [-0.05, 0) is 26.3 Å². The molecule has 96 valence electrons. The number of nitrogens with one attached hydrogen (secondary N) is 1. The minimum Gasteiger partial charge on any atom is -0.356 e.